The molecule has 1 amide bonds. The normalized spacial score (nSPS) is 15.5. The van der Waals surface area contributed by atoms with Gasteiger partial charge in [0.25, 0.3) is 5.91 Å². The molecule has 0 unspecified atom stereocenters. The van der Waals surface area contributed by atoms with E-state index in [1.807, 2.05) is 12.3 Å². The second-order valence-corrected chi connectivity index (χ2v) is 8.68. The lowest BCUT2D eigenvalue weighted by atomic mass is 10.0. The van der Waals surface area contributed by atoms with E-state index in [9.17, 15) is 18.0 Å². The van der Waals surface area contributed by atoms with Crippen molar-refractivity contribution in [3.05, 3.63) is 69.8 Å². The number of hydrogen-bond donors (Lipinski definition) is 0. The van der Waals surface area contributed by atoms with Crippen LogP contribution in [0.15, 0.2) is 52.5 Å². The minimum Gasteiger partial charge on any atom is -0.266 e. The molecule has 0 spiro atoms. The van der Waals surface area contributed by atoms with Crippen LogP contribution in [0.5, 0.6) is 0 Å². The van der Waals surface area contributed by atoms with Crippen molar-refractivity contribution in [3.8, 4) is 6.07 Å². The monoisotopic (exact) mass is 458 g/mol. The van der Waals surface area contributed by atoms with Gasteiger partial charge in [-0.3, -0.25) is 9.48 Å². The van der Waals surface area contributed by atoms with Crippen LogP contribution in [0.3, 0.4) is 0 Å². The number of thioether (sulfide) groups is 2. The van der Waals surface area contributed by atoms with Gasteiger partial charge in [0.05, 0.1) is 40.4 Å². The van der Waals surface area contributed by atoms with E-state index < -0.39 is 11.7 Å². The van der Waals surface area contributed by atoms with E-state index in [1.54, 1.807) is 30.5 Å². The van der Waals surface area contributed by atoms with Gasteiger partial charge in [0, 0.05) is 5.39 Å². The minimum absolute atomic E-state index is 0.0254. The van der Waals surface area contributed by atoms with Crippen molar-refractivity contribution in [1.82, 2.24) is 9.78 Å². The molecule has 2 heterocycles. The van der Waals surface area contributed by atoms with E-state index in [-0.39, 0.29) is 23.6 Å². The van der Waals surface area contributed by atoms with Crippen molar-refractivity contribution >= 4 is 50.8 Å². The van der Waals surface area contributed by atoms with Gasteiger partial charge in [0.1, 0.15) is 4.38 Å². The molecule has 0 aliphatic carbocycles. The van der Waals surface area contributed by atoms with Gasteiger partial charge in [0.15, 0.2) is 0 Å². The Balaban J connectivity index is 1.65. The Bertz CT molecular complexity index is 1300. The Hall–Kier alpha value is -3.03. The summed E-state index contributed by atoms with van der Waals surface area (Å²) < 4.78 is 42.5. The number of carbonyl (C=O) groups is 1. The molecule has 0 fully saturated rings. The molecule has 0 saturated carbocycles. The molecule has 5 nitrogen and oxygen atoms in total. The smallest absolute Gasteiger partial charge is 0.266 e. The standard InChI is InChI=1S/C21H13F3N4OS2/c1-30-20-27-19(29)18(31-20)8-12-3-5-17-15(6-12)10-26-28(17)11-14-4-2-13(9-25)7-16(14)21(22,23)24/h2-8,10H,11H2,1H3/b18-8+. The molecule has 0 N–H and O–H groups in total. The minimum atomic E-state index is -4.58. The molecule has 31 heavy (non-hydrogen) atoms. The third-order valence-corrected chi connectivity index (χ3v) is 6.57. The first-order valence-electron chi connectivity index (χ1n) is 8.91. The number of fused-ring (bicyclic) bond motifs is 1. The molecule has 3 aromatic rings. The highest BCUT2D eigenvalue weighted by Gasteiger charge is 2.33. The molecule has 4 rings (SSSR count). The summed E-state index contributed by atoms with van der Waals surface area (Å²) in [7, 11) is 0. The Morgan fingerprint density at radius 3 is 2.74 bits per heavy atom. The van der Waals surface area contributed by atoms with Crippen LogP contribution < -0.4 is 0 Å². The molecular formula is C21H13F3N4OS2. The largest absolute Gasteiger partial charge is 0.416 e. The number of halogens is 3. The van der Waals surface area contributed by atoms with E-state index >= 15 is 0 Å². The van der Waals surface area contributed by atoms with Gasteiger partial charge in [-0.25, -0.2) is 0 Å². The second-order valence-electron chi connectivity index (χ2n) is 6.60. The van der Waals surface area contributed by atoms with Crippen LogP contribution in [0, 0.1) is 11.3 Å². The number of nitrogens with zero attached hydrogens (tertiary/aromatic N) is 4. The lowest BCUT2D eigenvalue weighted by molar-refractivity contribution is -0.138. The third kappa shape index (κ3) is 4.38. The quantitative estimate of drug-likeness (QED) is 0.498. The highest BCUT2D eigenvalue weighted by Crippen LogP contribution is 2.34. The number of alkyl halides is 3. The van der Waals surface area contributed by atoms with E-state index in [1.165, 1.54) is 40.3 Å². The van der Waals surface area contributed by atoms with Crippen LogP contribution in [-0.2, 0) is 17.5 Å². The maximum Gasteiger partial charge on any atom is 0.416 e. The number of amides is 1. The third-order valence-electron chi connectivity index (χ3n) is 4.60. The van der Waals surface area contributed by atoms with Gasteiger partial charge in [-0.1, -0.05) is 23.9 Å². The van der Waals surface area contributed by atoms with Crippen LogP contribution in [0.4, 0.5) is 13.2 Å². The molecule has 156 valence electrons. The number of benzene rings is 2. The first-order valence-corrected chi connectivity index (χ1v) is 10.9. The molecule has 1 aliphatic heterocycles. The summed E-state index contributed by atoms with van der Waals surface area (Å²) in [5.74, 6) is -0.286. The average Bonchev–Trinajstić information content (AvgIpc) is 3.30. The molecule has 10 heteroatoms. The highest BCUT2D eigenvalue weighted by atomic mass is 32.2. The number of carbonyl (C=O) groups excluding carboxylic acids is 1. The Morgan fingerprint density at radius 1 is 1.26 bits per heavy atom. The van der Waals surface area contributed by atoms with Crippen molar-refractivity contribution in [1.29, 1.82) is 5.26 Å². The van der Waals surface area contributed by atoms with E-state index in [0.29, 0.717) is 14.8 Å². The van der Waals surface area contributed by atoms with Crippen molar-refractivity contribution in [2.75, 3.05) is 6.26 Å². The van der Waals surface area contributed by atoms with E-state index in [2.05, 4.69) is 10.1 Å². The maximum absolute atomic E-state index is 13.5. The number of hydrogen-bond acceptors (Lipinski definition) is 5. The summed E-state index contributed by atoms with van der Waals surface area (Å²) in [6.07, 6.45) is 0.578. The van der Waals surface area contributed by atoms with Crippen molar-refractivity contribution in [3.63, 3.8) is 0 Å². The Labute approximate surface area is 183 Å². The van der Waals surface area contributed by atoms with E-state index in [4.69, 9.17) is 5.26 Å². The first kappa shape index (κ1) is 21.2. The molecular weight excluding hydrogens is 445 g/mol. The zero-order valence-electron chi connectivity index (χ0n) is 16.0. The van der Waals surface area contributed by atoms with Gasteiger partial charge in [-0.15, -0.1) is 11.8 Å². The molecule has 0 bridgehead atoms. The Morgan fingerprint density at radius 2 is 2.06 bits per heavy atom. The maximum atomic E-state index is 13.5. The van der Waals surface area contributed by atoms with Crippen LogP contribution in [0.2, 0.25) is 0 Å². The van der Waals surface area contributed by atoms with Crippen molar-refractivity contribution in [2.24, 2.45) is 4.99 Å². The summed E-state index contributed by atoms with van der Waals surface area (Å²) in [5.41, 5.74) is 0.559. The lowest BCUT2D eigenvalue weighted by Crippen LogP contribution is -2.12. The summed E-state index contributed by atoms with van der Waals surface area (Å²) >= 11 is 2.71. The zero-order valence-corrected chi connectivity index (χ0v) is 17.6. The topological polar surface area (TPSA) is 71.0 Å². The summed E-state index contributed by atoms with van der Waals surface area (Å²) in [6, 6.07) is 10.6. The summed E-state index contributed by atoms with van der Waals surface area (Å²) in [6.45, 7) is -0.0935. The predicted molar refractivity (Wildman–Crippen MR) is 117 cm³/mol. The SMILES string of the molecule is CSC1=NC(=O)/C(=C\c2ccc3c(cnn3Cc3ccc(C#N)cc3C(F)(F)F)c2)S1. The van der Waals surface area contributed by atoms with Crippen LogP contribution in [0.1, 0.15) is 22.3 Å². The molecule has 0 radical (unpaired) electrons. The molecule has 1 aromatic heterocycles. The zero-order chi connectivity index (χ0) is 22.2. The molecule has 1 aliphatic rings. The van der Waals surface area contributed by atoms with Crippen LogP contribution in [-0.4, -0.2) is 26.3 Å². The number of aromatic nitrogens is 2. The fourth-order valence-electron chi connectivity index (χ4n) is 3.16. The second kappa shape index (κ2) is 8.24. The van der Waals surface area contributed by atoms with Gasteiger partial charge in [0.2, 0.25) is 0 Å². The number of rotatable bonds is 3. The Kier molecular flexibility index (Phi) is 5.64. The van der Waals surface area contributed by atoms with Crippen LogP contribution >= 0.6 is 23.5 Å². The number of aliphatic imine (C=N–C) groups is 1. The van der Waals surface area contributed by atoms with E-state index in [0.717, 1.165) is 17.0 Å². The lowest BCUT2D eigenvalue weighted by Gasteiger charge is -2.14. The molecule has 0 atom stereocenters. The summed E-state index contributed by atoms with van der Waals surface area (Å²) in [4.78, 5) is 16.4. The fraction of sp³-hybridized carbons (Fsp3) is 0.143. The fourth-order valence-corrected chi connectivity index (χ4v) is 4.58. The van der Waals surface area contributed by atoms with Crippen molar-refractivity contribution in [2.45, 2.75) is 12.7 Å². The molecule has 0 saturated heterocycles. The van der Waals surface area contributed by atoms with Crippen molar-refractivity contribution < 1.29 is 18.0 Å². The average molecular weight is 458 g/mol. The number of nitriles is 1. The van der Waals surface area contributed by atoms with Crippen LogP contribution in [0.25, 0.3) is 17.0 Å². The summed E-state index contributed by atoms with van der Waals surface area (Å²) in [5, 5.41) is 13.9. The predicted octanol–water partition coefficient (Wildman–Crippen LogP) is 5.31. The molecule has 2 aromatic carbocycles. The van der Waals surface area contributed by atoms with Gasteiger partial charge < -0.3 is 0 Å². The van der Waals surface area contributed by atoms with Gasteiger partial charge >= 0.3 is 6.18 Å². The highest BCUT2D eigenvalue weighted by molar-refractivity contribution is 8.40. The van der Waals surface area contributed by atoms with Gasteiger partial charge in [-0.2, -0.15) is 28.5 Å². The first-order chi connectivity index (χ1) is 14.8. The van der Waals surface area contributed by atoms with Gasteiger partial charge in [-0.05, 0) is 47.7 Å².